The number of hydrogen-bond donors (Lipinski definition) is 3. The van der Waals surface area contributed by atoms with Crippen LogP contribution in [0.1, 0.15) is 12.8 Å². The molecular weight excluding hydrogens is 310 g/mol. The highest BCUT2D eigenvalue weighted by Gasteiger charge is 2.42. The Labute approximate surface area is 115 Å². The standard InChI is InChI=1S/C10H13NO7S2/c11-8-3-6(19(13,14)15)1-5-2-7(20(16,17)18)4-9(12)10(5)8/h2-3,5,8,10H,1,4,11H2,(H,13,14,15)(H,16,17,18). The van der Waals surface area contributed by atoms with E-state index in [4.69, 9.17) is 14.8 Å². The zero-order valence-electron chi connectivity index (χ0n) is 10.1. The third-order valence-corrected chi connectivity index (χ3v) is 5.38. The zero-order chi connectivity index (χ0) is 15.3. The molecule has 20 heavy (non-hydrogen) atoms. The number of fused-ring (bicyclic) bond motifs is 1. The maximum absolute atomic E-state index is 11.9. The Kier molecular flexibility index (Phi) is 3.63. The average Bonchev–Trinajstić information content (AvgIpc) is 2.25. The van der Waals surface area contributed by atoms with E-state index in [-0.39, 0.29) is 11.3 Å². The van der Waals surface area contributed by atoms with Gasteiger partial charge in [-0.1, -0.05) is 12.2 Å². The van der Waals surface area contributed by atoms with E-state index >= 15 is 0 Å². The highest BCUT2D eigenvalue weighted by Crippen LogP contribution is 2.38. The summed E-state index contributed by atoms with van der Waals surface area (Å²) in [6.07, 6.45) is 1.53. The van der Waals surface area contributed by atoms with E-state index in [0.717, 1.165) is 12.2 Å². The van der Waals surface area contributed by atoms with Crippen LogP contribution in [0.25, 0.3) is 0 Å². The van der Waals surface area contributed by atoms with Gasteiger partial charge in [-0.15, -0.1) is 0 Å². The molecule has 2 rings (SSSR count). The van der Waals surface area contributed by atoms with Gasteiger partial charge in [-0.05, 0) is 12.3 Å². The van der Waals surface area contributed by atoms with Crippen molar-refractivity contribution in [1.29, 1.82) is 0 Å². The highest BCUT2D eigenvalue weighted by molar-refractivity contribution is 7.90. The molecule has 8 nitrogen and oxygen atoms in total. The Balaban J connectivity index is 2.48. The van der Waals surface area contributed by atoms with Crippen molar-refractivity contribution in [2.75, 3.05) is 0 Å². The summed E-state index contributed by atoms with van der Waals surface area (Å²) in [6.45, 7) is 0. The van der Waals surface area contributed by atoms with E-state index in [0.29, 0.717) is 0 Å². The van der Waals surface area contributed by atoms with Crippen molar-refractivity contribution in [3.8, 4) is 0 Å². The minimum Gasteiger partial charge on any atom is -0.324 e. The summed E-state index contributed by atoms with van der Waals surface area (Å²) in [7, 11) is -8.96. The van der Waals surface area contributed by atoms with Crippen molar-refractivity contribution in [1.82, 2.24) is 0 Å². The SMILES string of the molecule is NC1C=C(S(=O)(=O)O)CC2C=C(S(=O)(=O)O)CC(=O)C12. The fourth-order valence-corrected chi connectivity index (χ4v) is 4.01. The molecule has 0 aromatic heterocycles. The number of ketones is 1. The van der Waals surface area contributed by atoms with Gasteiger partial charge in [-0.25, -0.2) is 0 Å². The van der Waals surface area contributed by atoms with Crippen LogP contribution in [0.4, 0.5) is 0 Å². The fourth-order valence-electron chi connectivity index (χ4n) is 2.60. The van der Waals surface area contributed by atoms with E-state index in [2.05, 4.69) is 0 Å². The maximum atomic E-state index is 11.9. The summed E-state index contributed by atoms with van der Waals surface area (Å²) in [5.74, 6) is -2.03. The molecule has 112 valence electrons. The lowest BCUT2D eigenvalue weighted by atomic mass is 9.73. The average molecular weight is 323 g/mol. The van der Waals surface area contributed by atoms with E-state index in [1.165, 1.54) is 0 Å². The second kappa shape index (κ2) is 4.74. The molecule has 2 aliphatic carbocycles. The molecular formula is C10H13NO7S2. The lowest BCUT2D eigenvalue weighted by Gasteiger charge is -2.35. The van der Waals surface area contributed by atoms with E-state index in [9.17, 15) is 21.6 Å². The maximum Gasteiger partial charge on any atom is 0.290 e. The molecule has 2 aliphatic rings. The minimum atomic E-state index is -4.51. The smallest absolute Gasteiger partial charge is 0.290 e. The molecule has 0 saturated heterocycles. The van der Waals surface area contributed by atoms with Gasteiger partial charge in [-0.3, -0.25) is 13.9 Å². The van der Waals surface area contributed by atoms with Gasteiger partial charge in [0.2, 0.25) is 0 Å². The normalized spacial score (nSPS) is 31.4. The van der Waals surface area contributed by atoms with Gasteiger partial charge in [0.25, 0.3) is 20.2 Å². The first-order valence-electron chi connectivity index (χ1n) is 5.65. The third-order valence-electron chi connectivity index (χ3n) is 3.47. The van der Waals surface area contributed by atoms with Crippen LogP contribution < -0.4 is 5.73 Å². The van der Waals surface area contributed by atoms with Crippen molar-refractivity contribution in [3.05, 3.63) is 22.0 Å². The molecule has 0 fully saturated rings. The molecule has 0 saturated carbocycles. The first kappa shape index (κ1) is 15.3. The highest BCUT2D eigenvalue weighted by atomic mass is 32.2. The second-order valence-corrected chi connectivity index (χ2v) is 7.78. The molecule has 0 amide bonds. The summed E-state index contributed by atoms with van der Waals surface area (Å²) in [5.41, 5.74) is 5.71. The van der Waals surface area contributed by atoms with Crippen molar-refractivity contribution in [3.63, 3.8) is 0 Å². The molecule has 4 N–H and O–H groups in total. The molecule has 10 heteroatoms. The second-order valence-electron chi connectivity index (χ2n) is 4.83. The summed E-state index contributed by atoms with van der Waals surface area (Å²) in [6, 6.07) is -0.933. The molecule has 0 aliphatic heterocycles. The van der Waals surface area contributed by atoms with Crippen LogP contribution in [0.3, 0.4) is 0 Å². The minimum absolute atomic E-state index is 0.234. The number of nitrogens with two attached hydrogens (primary N) is 1. The molecule has 0 aromatic rings. The number of carbonyl (C=O) groups is 1. The van der Waals surface area contributed by atoms with Crippen LogP contribution in [0.15, 0.2) is 22.0 Å². The third kappa shape index (κ3) is 2.83. The molecule has 3 atom stereocenters. The number of rotatable bonds is 2. The zero-order valence-corrected chi connectivity index (χ0v) is 11.8. The Hall–Kier alpha value is -1.07. The van der Waals surface area contributed by atoms with Crippen LogP contribution in [0.2, 0.25) is 0 Å². The van der Waals surface area contributed by atoms with Crippen LogP contribution in [-0.4, -0.2) is 37.8 Å². The predicted molar refractivity (Wildman–Crippen MR) is 68.5 cm³/mol. The van der Waals surface area contributed by atoms with Crippen molar-refractivity contribution < 1.29 is 30.7 Å². The van der Waals surface area contributed by atoms with Crippen LogP contribution in [-0.2, 0) is 25.0 Å². The van der Waals surface area contributed by atoms with Crippen molar-refractivity contribution in [2.45, 2.75) is 18.9 Å². The summed E-state index contributed by atoms with van der Waals surface area (Å²) in [4.78, 5) is 11.1. The van der Waals surface area contributed by atoms with Gasteiger partial charge < -0.3 is 5.73 Å². The topological polar surface area (TPSA) is 152 Å². The molecule has 0 heterocycles. The number of hydrogen-bond acceptors (Lipinski definition) is 6. The summed E-state index contributed by atoms with van der Waals surface area (Å²) in [5, 5.41) is 0. The van der Waals surface area contributed by atoms with Gasteiger partial charge in [0, 0.05) is 18.4 Å². The van der Waals surface area contributed by atoms with Crippen LogP contribution >= 0.6 is 0 Å². The van der Waals surface area contributed by atoms with E-state index < -0.39 is 55.2 Å². The monoisotopic (exact) mass is 323 g/mol. The Bertz CT molecular complexity index is 717. The lowest BCUT2D eigenvalue weighted by molar-refractivity contribution is -0.124. The van der Waals surface area contributed by atoms with Crippen molar-refractivity contribution >= 4 is 26.0 Å². The Morgan fingerprint density at radius 2 is 1.60 bits per heavy atom. The van der Waals surface area contributed by atoms with Crippen molar-refractivity contribution in [2.24, 2.45) is 17.6 Å². The number of Topliss-reactive ketones (excluding diaryl/α,β-unsaturated/α-hetero) is 1. The van der Waals surface area contributed by atoms with Gasteiger partial charge in [0.1, 0.15) is 5.78 Å². The first-order valence-corrected chi connectivity index (χ1v) is 8.53. The number of allylic oxidation sites excluding steroid dienone is 3. The molecule has 0 radical (unpaired) electrons. The predicted octanol–water partition coefficient (Wildman–Crippen LogP) is -0.534. The largest absolute Gasteiger partial charge is 0.324 e. The quantitative estimate of drug-likeness (QED) is 0.573. The van der Waals surface area contributed by atoms with Gasteiger partial charge in [0.15, 0.2) is 0 Å². The Morgan fingerprint density at radius 3 is 2.10 bits per heavy atom. The van der Waals surface area contributed by atoms with Crippen LogP contribution in [0, 0.1) is 11.8 Å². The molecule has 3 unspecified atom stereocenters. The van der Waals surface area contributed by atoms with E-state index in [1.54, 1.807) is 0 Å². The fraction of sp³-hybridized carbons (Fsp3) is 0.500. The molecule has 0 bridgehead atoms. The summed E-state index contributed by atoms with van der Waals surface area (Å²) >= 11 is 0. The van der Waals surface area contributed by atoms with Gasteiger partial charge >= 0.3 is 0 Å². The molecule has 0 spiro atoms. The van der Waals surface area contributed by atoms with Crippen LogP contribution in [0.5, 0.6) is 0 Å². The lowest BCUT2D eigenvalue weighted by Crippen LogP contribution is -2.44. The summed E-state index contributed by atoms with van der Waals surface area (Å²) < 4.78 is 62.4. The van der Waals surface area contributed by atoms with Gasteiger partial charge in [0.05, 0.1) is 9.81 Å². The molecule has 0 aromatic carbocycles. The Morgan fingerprint density at radius 1 is 1.05 bits per heavy atom. The van der Waals surface area contributed by atoms with E-state index in [1.807, 2.05) is 0 Å². The van der Waals surface area contributed by atoms with Gasteiger partial charge in [-0.2, -0.15) is 16.8 Å². The number of carbonyl (C=O) groups excluding carboxylic acids is 1. The first-order chi connectivity index (χ1) is 9.00.